The molecule has 4 aliphatic rings. The zero-order chi connectivity index (χ0) is 26.4. The molecule has 0 heterocycles. The van der Waals surface area contributed by atoms with Gasteiger partial charge in [-0.3, -0.25) is 4.79 Å². The fourth-order valence-electron chi connectivity index (χ4n) is 8.53. The van der Waals surface area contributed by atoms with Crippen molar-refractivity contribution in [1.29, 1.82) is 0 Å². The van der Waals surface area contributed by atoms with Crippen LogP contribution in [0.4, 0.5) is 0 Å². The second-order valence-corrected chi connectivity index (χ2v) is 13.3. The topological polar surface area (TPSA) is 159 Å². The Bertz CT molecular complexity index is 892. The number of ketones is 1. The monoisotopic (exact) mass is 496 g/mol. The van der Waals surface area contributed by atoms with E-state index in [1.54, 1.807) is 6.08 Å². The predicted octanol–water partition coefficient (Wildman–Crippen LogP) is 0.825. The molecule has 3 unspecified atom stereocenters. The minimum Gasteiger partial charge on any atom is -0.390 e. The maximum Gasteiger partial charge on any atom is 0.159 e. The van der Waals surface area contributed by atoms with Crippen LogP contribution in [0.1, 0.15) is 79.6 Å². The first-order valence-electron chi connectivity index (χ1n) is 13.0. The van der Waals surface area contributed by atoms with Crippen molar-refractivity contribution in [2.75, 3.05) is 0 Å². The Hall–Kier alpha value is -0.870. The van der Waals surface area contributed by atoms with Gasteiger partial charge >= 0.3 is 0 Å². The Balaban J connectivity index is 1.68. The van der Waals surface area contributed by atoms with Gasteiger partial charge in [0.2, 0.25) is 0 Å². The van der Waals surface area contributed by atoms with Gasteiger partial charge in [0.15, 0.2) is 5.78 Å². The van der Waals surface area contributed by atoms with E-state index in [9.17, 15) is 40.5 Å². The molecule has 3 fully saturated rings. The molecule has 8 nitrogen and oxygen atoms in total. The highest BCUT2D eigenvalue weighted by Crippen LogP contribution is 2.68. The number of hydrogen-bond acceptors (Lipinski definition) is 8. The van der Waals surface area contributed by atoms with Crippen molar-refractivity contribution in [3.8, 4) is 0 Å². The Morgan fingerprint density at radius 2 is 1.66 bits per heavy atom. The van der Waals surface area contributed by atoms with Gasteiger partial charge in [-0.15, -0.1) is 0 Å². The van der Waals surface area contributed by atoms with Gasteiger partial charge in [0.1, 0.15) is 6.10 Å². The molecular weight excluding hydrogens is 452 g/mol. The Morgan fingerprint density at radius 3 is 2.26 bits per heavy atom. The van der Waals surface area contributed by atoms with Crippen LogP contribution in [0.3, 0.4) is 0 Å². The first-order chi connectivity index (χ1) is 15.9. The van der Waals surface area contributed by atoms with Gasteiger partial charge in [0.25, 0.3) is 0 Å². The summed E-state index contributed by atoms with van der Waals surface area (Å²) in [6, 6.07) is 0. The molecule has 0 spiro atoms. The summed E-state index contributed by atoms with van der Waals surface area (Å²) in [7, 11) is 0. The smallest absolute Gasteiger partial charge is 0.159 e. The van der Waals surface area contributed by atoms with Gasteiger partial charge in [-0.05, 0) is 88.2 Å². The Morgan fingerprint density at radius 1 is 1.03 bits per heavy atom. The van der Waals surface area contributed by atoms with E-state index in [-0.39, 0.29) is 31.0 Å². The number of aliphatic hydroxyl groups is 7. The van der Waals surface area contributed by atoms with Gasteiger partial charge in [0.05, 0.1) is 35.1 Å². The molecule has 4 rings (SSSR count). The molecule has 7 N–H and O–H groups in total. The van der Waals surface area contributed by atoms with Crippen LogP contribution >= 0.6 is 0 Å². The molecule has 0 radical (unpaired) electrons. The molecule has 0 amide bonds. The summed E-state index contributed by atoms with van der Waals surface area (Å²) in [6.07, 6.45) is -0.952. The third-order valence-electron chi connectivity index (χ3n) is 10.5. The standard InChI is InChI=1S/C27H44O8/c1-23(2,33)12-20(31)22(32)26(5,34)21-7-9-27(35)15-10-17(28)16-11-18(29)19(30)13-24(16,3)14(15)6-8-25(21,27)4/h10,14,16,18-22,29-35H,6-9,11-13H2,1-5H3/t14?,16-,18+,19-,20?,21+,22+,24+,25+,26?,27+/m0/s1. The van der Waals surface area contributed by atoms with Crippen LogP contribution in [-0.4, -0.2) is 82.7 Å². The Kier molecular flexibility index (Phi) is 6.46. The maximum absolute atomic E-state index is 13.3. The molecule has 0 aromatic heterocycles. The second-order valence-electron chi connectivity index (χ2n) is 13.3. The van der Waals surface area contributed by atoms with Crippen molar-refractivity contribution in [1.82, 2.24) is 0 Å². The molecule has 200 valence electrons. The molecule has 35 heavy (non-hydrogen) atoms. The highest BCUT2D eigenvalue weighted by atomic mass is 16.4. The summed E-state index contributed by atoms with van der Waals surface area (Å²) in [6.45, 7) is 8.40. The molecule has 4 aliphatic carbocycles. The van der Waals surface area contributed by atoms with E-state index in [4.69, 9.17) is 0 Å². The van der Waals surface area contributed by atoms with Crippen molar-refractivity contribution in [3.05, 3.63) is 11.6 Å². The van der Waals surface area contributed by atoms with Crippen LogP contribution in [0, 0.1) is 28.6 Å². The maximum atomic E-state index is 13.3. The highest BCUT2D eigenvalue weighted by molar-refractivity contribution is 5.95. The molecule has 8 heteroatoms. The number of allylic oxidation sites excluding steroid dienone is 1. The highest BCUT2D eigenvalue weighted by Gasteiger charge is 2.69. The average Bonchev–Trinajstić information content (AvgIpc) is 3.00. The van der Waals surface area contributed by atoms with Crippen LogP contribution in [0.2, 0.25) is 0 Å². The van der Waals surface area contributed by atoms with E-state index >= 15 is 0 Å². The minimum atomic E-state index is -1.74. The van der Waals surface area contributed by atoms with Gasteiger partial charge in [-0.2, -0.15) is 0 Å². The Labute approximate surface area is 207 Å². The van der Waals surface area contributed by atoms with Crippen LogP contribution in [-0.2, 0) is 4.79 Å². The van der Waals surface area contributed by atoms with Crippen molar-refractivity contribution in [3.63, 3.8) is 0 Å². The van der Waals surface area contributed by atoms with E-state index in [2.05, 4.69) is 0 Å². The number of aliphatic hydroxyl groups excluding tert-OH is 4. The fraction of sp³-hybridized carbons (Fsp3) is 0.889. The van der Waals surface area contributed by atoms with Crippen LogP contribution in [0.25, 0.3) is 0 Å². The quantitative estimate of drug-likeness (QED) is 0.295. The third kappa shape index (κ3) is 3.95. The second kappa shape index (κ2) is 8.32. The summed E-state index contributed by atoms with van der Waals surface area (Å²) in [4.78, 5) is 13.3. The number of carbonyl (C=O) groups excluding carboxylic acids is 1. The summed E-state index contributed by atoms with van der Waals surface area (Å²) >= 11 is 0. The van der Waals surface area contributed by atoms with E-state index in [1.165, 1.54) is 20.8 Å². The van der Waals surface area contributed by atoms with E-state index < -0.39 is 63.9 Å². The third-order valence-corrected chi connectivity index (χ3v) is 10.5. The number of hydrogen-bond donors (Lipinski definition) is 7. The lowest BCUT2D eigenvalue weighted by molar-refractivity contribution is -0.194. The largest absolute Gasteiger partial charge is 0.390 e. The summed E-state index contributed by atoms with van der Waals surface area (Å²) in [5, 5.41) is 76.1. The zero-order valence-corrected chi connectivity index (χ0v) is 21.6. The lowest BCUT2D eigenvalue weighted by atomic mass is 9.45. The molecule has 0 aromatic carbocycles. The summed E-state index contributed by atoms with van der Waals surface area (Å²) in [5.41, 5.74) is -5.15. The van der Waals surface area contributed by atoms with E-state index in [0.717, 1.165) is 0 Å². The first-order valence-corrected chi connectivity index (χ1v) is 13.0. The first kappa shape index (κ1) is 27.2. The summed E-state index contributed by atoms with van der Waals surface area (Å²) in [5.74, 6) is -1.26. The van der Waals surface area contributed by atoms with Gasteiger partial charge in [0, 0.05) is 17.8 Å². The van der Waals surface area contributed by atoms with Crippen LogP contribution < -0.4 is 0 Å². The molecule has 11 atom stereocenters. The van der Waals surface area contributed by atoms with Crippen LogP contribution in [0.15, 0.2) is 11.6 Å². The molecule has 0 bridgehead atoms. The molecule has 0 aromatic rings. The molecule has 3 saturated carbocycles. The van der Waals surface area contributed by atoms with Crippen molar-refractivity contribution < 1.29 is 40.5 Å². The predicted molar refractivity (Wildman–Crippen MR) is 128 cm³/mol. The van der Waals surface area contributed by atoms with Crippen molar-refractivity contribution >= 4 is 5.78 Å². The number of carbonyl (C=O) groups is 1. The fourth-order valence-corrected chi connectivity index (χ4v) is 8.53. The SMILES string of the molecule is CC(C)(O)CC(O)[C@@H](O)C(C)(O)[C@@H]1CC[C@@]2(O)C3=CC(=O)[C@@H]4C[C@@H](O)[C@@H](O)C[C@]4(C)C3CC[C@]12C. The lowest BCUT2D eigenvalue weighted by Crippen LogP contribution is -2.63. The van der Waals surface area contributed by atoms with Gasteiger partial charge in [-0.25, -0.2) is 0 Å². The van der Waals surface area contributed by atoms with E-state index in [0.29, 0.717) is 31.3 Å². The average molecular weight is 497 g/mol. The molecule has 0 aliphatic heterocycles. The number of rotatable bonds is 5. The van der Waals surface area contributed by atoms with Crippen LogP contribution in [0.5, 0.6) is 0 Å². The van der Waals surface area contributed by atoms with E-state index in [1.807, 2.05) is 13.8 Å². The normalized spacial score (nSPS) is 47.1. The lowest BCUT2D eigenvalue weighted by Gasteiger charge is -2.60. The minimum absolute atomic E-state index is 0.117. The zero-order valence-electron chi connectivity index (χ0n) is 21.6. The summed E-state index contributed by atoms with van der Waals surface area (Å²) < 4.78 is 0. The van der Waals surface area contributed by atoms with Gasteiger partial charge < -0.3 is 35.7 Å². The van der Waals surface area contributed by atoms with Gasteiger partial charge in [-0.1, -0.05) is 13.8 Å². The molecule has 0 saturated heterocycles. The number of fused-ring (bicyclic) bond motifs is 5. The molecular formula is C27H44O8. The van der Waals surface area contributed by atoms with Crippen molar-refractivity contribution in [2.24, 2.45) is 28.6 Å². The van der Waals surface area contributed by atoms with Crippen molar-refractivity contribution in [2.45, 2.75) is 121 Å².